The molecule has 0 spiro atoms. The number of fused-ring (bicyclic) bond motifs is 3. The Morgan fingerprint density at radius 2 is 1.77 bits per heavy atom. The highest BCUT2D eigenvalue weighted by molar-refractivity contribution is 5.83. The monoisotopic (exact) mass is 552 g/mol. The van der Waals surface area contributed by atoms with Crippen molar-refractivity contribution >= 4 is 5.91 Å². The van der Waals surface area contributed by atoms with Gasteiger partial charge in [-0.1, -0.05) is 73.8 Å². The Morgan fingerprint density at radius 3 is 2.48 bits per heavy atom. The molecule has 1 aromatic rings. The van der Waals surface area contributed by atoms with Gasteiger partial charge < -0.3 is 10.4 Å². The second-order valence-corrected chi connectivity index (χ2v) is 15.5. The Bertz CT molecular complexity index is 978. The highest BCUT2D eigenvalue weighted by Crippen LogP contribution is 2.69. The Hall–Kier alpha value is -1.42. The minimum absolute atomic E-state index is 0.0566. The Kier molecular flexibility index (Phi) is 9.80. The maximum atomic E-state index is 14.1. The Morgan fingerprint density at radius 1 is 1.00 bits per heavy atom. The van der Waals surface area contributed by atoms with E-state index in [1.165, 1.54) is 32.1 Å². The molecule has 40 heavy (non-hydrogen) atoms. The van der Waals surface area contributed by atoms with Gasteiger partial charge in [-0.2, -0.15) is 0 Å². The topological polar surface area (TPSA) is 62.2 Å². The van der Waals surface area contributed by atoms with Crippen LogP contribution in [0.3, 0.4) is 0 Å². The van der Waals surface area contributed by atoms with Gasteiger partial charge in [0.25, 0.3) is 0 Å². The van der Waals surface area contributed by atoms with Crippen molar-refractivity contribution in [3.05, 3.63) is 30.1 Å². The quantitative estimate of drug-likeness (QED) is 0.373. The fraction of sp³-hybridized carbons (Fsp3) is 0.833. The average molecular weight is 553 g/mol. The maximum absolute atomic E-state index is 14.1. The first-order chi connectivity index (χ1) is 18.9. The number of carbonyl (C=O) groups excluding carboxylic acids is 1. The van der Waals surface area contributed by atoms with Crippen molar-refractivity contribution < 1.29 is 9.90 Å². The van der Waals surface area contributed by atoms with E-state index in [0.717, 1.165) is 57.1 Å². The molecule has 3 aliphatic rings. The van der Waals surface area contributed by atoms with Crippen LogP contribution in [-0.2, 0) is 11.2 Å². The number of pyridine rings is 1. The molecule has 2 N–H and O–H groups in total. The zero-order chi connectivity index (χ0) is 29.2. The number of nitrogens with one attached hydrogen (secondary N) is 1. The summed E-state index contributed by atoms with van der Waals surface area (Å²) in [6, 6.07) is 6.01. The number of aliphatic hydroxyl groups excluding tert-OH is 1. The van der Waals surface area contributed by atoms with E-state index >= 15 is 0 Å². The standard InChI is InChI=1S/C36H60N2O2/c1-8-19-36(32(40)38-24-18-29-13-9-10-23-37-29)22-21-35(7)30(27(36)3)16-15-28-25-33(4,5)31(39)17-14-26(2)12-11-20-34(28,35)6/h9-10,13,23,26-28,30-31,39H,8,11-12,14-22,24-25H2,1-7H3,(H,38,40)/t26?,27?,28?,30?,31?,34?,35-,36?/m1/s1. The molecule has 0 aromatic carbocycles. The molecule has 8 atom stereocenters. The lowest BCUT2D eigenvalue weighted by Crippen LogP contribution is -2.61. The second kappa shape index (κ2) is 12.4. The summed E-state index contributed by atoms with van der Waals surface area (Å²) in [6.45, 7) is 17.6. The van der Waals surface area contributed by atoms with Crippen LogP contribution in [-0.4, -0.2) is 28.6 Å². The molecular formula is C36H60N2O2. The van der Waals surface area contributed by atoms with Crippen LogP contribution in [0, 0.1) is 45.3 Å². The molecule has 1 amide bonds. The predicted octanol–water partition coefficient (Wildman–Crippen LogP) is 8.37. The van der Waals surface area contributed by atoms with E-state index in [2.05, 4.69) is 58.8 Å². The highest BCUT2D eigenvalue weighted by atomic mass is 16.3. The minimum Gasteiger partial charge on any atom is -0.393 e. The Labute approximate surface area is 245 Å². The smallest absolute Gasteiger partial charge is 0.226 e. The van der Waals surface area contributed by atoms with Crippen molar-refractivity contribution in [2.45, 2.75) is 138 Å². The van der Waals surface area contributed by atoms with Gasteiger partial charge in [0.15, 0.2) is 0 Å². The SMILES string of the molecule is CCCC1(C(=O)NCCc2ccccn2)CC[C@]2(C)C(CCC3CC(C)(C)C(O)CCC(C)CCCC32C)C1C. The summed E-state index contributed by atoms with van der Waals surface area (Å²) in [5.74, 6) is 2.52. The van der Waals surface area contributed by atoms with E-state index in [0.29, 0.717) is 30.2 Å². The number of carbonyl (C=O) groups is 1. The fourth-order valence-electron chi connectivity index (χ4n) is 9.92. The van der Waals surface area contributed by atoms with E-state index in [1.54, 1.807) is 0 Å². The molecule has 0 aliphatic heterocycles. The van der Waals surface area contributed by atoms with E-state index in [4.69, 9.17) is 0 Å². The molecular weight excluding hydrogens is 492 g/mol. The first kappa shape index (κ1) is 31.5. The van der Waals surface area contributed by atoms with Crippen LogP contribution in [0.2, 0.25) is 0 Å². The van der Waals surface area contributed by atoms with Crippen molar-refractivity contribution in [3.63, 3.8) is 0 Å². The van der Waals surface area contributed by atoms with E-state index in [-0.39, 0.29) is 33.7 Å². The van der Waals surface area contributed by atoms with Gasteiger partial charge in [0.1, 0.15) is 0 Å². The minimum atomic E-state index is -0.274. The molecule has 0 saturated heterocycles. The average Bonchev–Trinajstić information content (AvgIpc) is 2.93. The molecule has 0 radical (unpaired) electrons. The molecule has 1 aromatic heterocycles. The summed E-state index contributed by atoms with van der Waals surface area (Å²) in [7, 11) is 0. The van der Waals surface area contributed by atoms with Crippen molar-refractivity contribution in [1.82, 2.24) is 10.3 Å². The molecule has 3 fully saturated rings. The van der Waals surface area contributed by atoms with Crippen LogP contribution in [0.1, 0.15) is 131 Å². The number of hydrogen-bond donors (Lipinski definition) is 2. The van der Waals surface area contributed by atoms with E-state index < -0.39 is 0 Å². The van der Waals surface area contributed by atoms with Crippen molar-refractivity contribution in [2.75, 3.05) is 6.54 Å². The highest BCUT2D eigenvalue weighted by Gasteiger charge is 2.63. The normalized spacial score (nSPS) is 40.2. The van der Waals surface area contributed by atoms with Gasteiger partial charge in [-0.15, -0.1) is 0 Å². The summed E-state index contributed by atoms with van der Waals surface area (Å²) in [5, 5.41) is 14.7. The van der Waals surface area contributed by atoms with Gasteiger partial charge in [0.2, 0.25) is 5.91 Å². The predicted molar refractivity (Wildman–Crippen MR) is 166 cm³/mol. The van der Waals surface area contributed by atoms with E-state index in [1.807, 2.05) is 24.4 Å². The lowest BCUT2D eigenvalue weighted by Gasteiger charge is -2.66. The molecule has 3 saturated carbocycles. The second-order valence-electron chi connectivity index (χ2n) is 15.5. The van der Waals surface area contributed by atoms with E-state index in [9.17, 15) is 9.90 Å². The van der Waals surface area contributed by atoms with Crippen molar-refractivity contribution in [2.24, 2.45) is 45.3 Å². The number of aliphatic hydroxyl groups is 1. The summed E-state index contributed by atoms with van der Waals surface area (Å²) < 4.78 is 0. The molecule has 0 bridgehead atoms. The fourth-order valence-corrected chi connectivity index (χ4v) is 9.92. The molecule has 4 heteroatoms. The number of aromatic nitrogens is 1. The van der Waals surface area contributed by atoms with Crippen LogP contribution in [0.4, 0.5) is 0 Å². The van der Waals surface area contributed by atoms with Crippen LogP contribution < -0.4 is 5.32 Å². The zero-order valence-corrected chi connectivity index (χ0v) is 26.9. The molecule has 1 heterocycles. The van der Waals surface area contributed by atoms with Gasteiger partial charge in [-0.3, -0.25) is 9.78 Å². The maximum Gasteiger partial charge on any atom is 0.226 e. The van der Waals surface area contributed by atoms with Crippen LogP contribution >= 0.6 is 0 Å². The molecule has 3 aliphatic carbocycles. The van der Waals surface area contributed by atoms with Crippen molar-refractivity contribution in [3.8, 4) is 0 Å². The van der Waals surface area contributed by atoms with Crippen LogP contribution in [0.5, 0.6) is 0 Å². The van der Waals surface area contributed by atoms with Crippen LogP contribution in [0.25, 0.3) is 0 Å². The largest absolute Gasteiger partial charge is 0.393 e. The number of nitrogens with zero attached hydrogens (tertiary/aromatic N) is 1. The molecule has 7 unspecified atom stereocenters. The lowest BCUT2D eigenvalue weighted by molar-refractivity contribution is -0.182. The summed E-state index contributed by atoms with van der Waals surface area (Å²) in [4.78, 5) is 18.5. The van der Waals surface area contributed by atoms with Gasteiger partial charge in [-0.05, 0) is 110 Å². The summed E-state index contributed by atoms with van der Waals surface area (Å²) in [6.07, 6.45) is 16.0. The van der Waals surface area contributed by atoms with Gasteiger partial charge >= 0.3 is 0 Å². The zero-order valence-electron chi connectivity index (χ0n) is 26.9. The van der Waals surface area contributed by atoms with Gasteiger partial charge in [-0.25, -0.2) is 0 Å². The summed E-state index contributed by atoms with van der Waals surface area (Å²) in [5.41, 5.74) is 1.16. The molecule has 4 nitrogen and oxygen atoms in total. The molecule has 4 rings (SSSR count). The third-order valence-electron chi connectivity index (χ3n) is 13.0. The first-order valence-electron chi connectivity index (χ1n) is 16.8. The first-order valence-corrected chi connectivity index (χ1v) is 16.8. The number of rotatable bonds is 6. The van der Waals surface area contributed by atoms with Crippen molar-refractivity contribution in [1.29, 1.82) is 0 Å². The number of hydrogen-bond acceptors (Lipinski definition) is 3. The third kappa shape index (κ3) is 5.90. The third-order valence-corrected chi connectivity index (χ3v) is 13.0. The lowest BCUT2D eigenvalue weighted by atomic mass is 9.38. The Balaban J connectivity index is 1.58. The van der Waals surface area contributed by atoms with Gasteiger partial charge in [0.05, 0.1) is 11.5 Å². The summed E-state index contributed by atoms with van der Waals surface area (Å²) >= 11 is 0. The number of amides is 1. The van der Waals surface area contributed by atoms with Gasteiger partial charge in [0, 0.05) is 24.9 Å². The van der Waals surface area contributed by atoms with Crippen LogP contribution in [0.15, 0.2) is 24.4 Å². The molecule has 226 valence electrons.